The lowest BCUT2D eigenvalue weighted by molar-refractivity contribution is 0.100. The molecule has 0 saturated heterocycles. The summed E-state index contributed by atoms with van der Waals surface area (Å²) in [7, 11) is -2.82. The molecule has 3 aromatic carbocycles. The predicted octanol–water partition coefficient (Wildman–Crippen LogP) is 4.52. The molecule has 0 aliphatic heterocycles. The number of benzene rings is 3. The van der Waals surface area contributed by atoms with Crippen molar-refractivity contribution < 1.29 is 22.3 Å². The summed E-state index contributed by atoms with van der Waals surface area (Å²) in [6.07, 6.45) is 0. The third-order valence-corrected chi connectivity index (χ3v) is 5.89. The number of methoxy groups -OCH3 is 1. The highest BCUT2D eigenvalue weighted by Crippen LogP contribution is 2.28. The Kier molecular flexibility index (Phi) is 5.67. The number of sulfonamides is 1. The van der Waals surface area contributed by atoms with Gasteiger partial charge in [-0.15, -0.1) is 0 Å². The first-order valence-corrected chi connectivity index (χ1v) is 9.89. The number of carbonyl (C=O) groups is 1. The van der Waals surface area contributed by atoms with Crippen molar-refractivity contribution in [2.24, 2.45) is 0 Å². The van der Waals surface area contributed by atoms with Gasteiger partial charge in [0.2, 0.25) is 0 Å². The van der Waals surface area contributed by atoms with Crippen molar-refractivity contribution in [1.29, 1.82) is 0 Å². The molecule has 0 unspecified atom stereocenters. The van der Waals surface area contributed by atoms with Crippen molar-refractivity contribution in [3.63, 3.8) is 0 Å². The van der Waals surface area contributed by atoms with Gasteiger partial charge >= 0.3 is 0 Å². The molecule has 144 valence electrons. The van der Waals surface area contributed by atoms with Crippen LogP contribution < -0.4 is 9.04 Å². The van der Waals surface area contributed by atoms with Crippen LogP contribution in [0.5, 0.6) is 5.75 Å². The largest absolute Gasteiger partial charge is 0.497 e. The first kappa shape index (κ1) is 19.9. The highest BCUT2D eigenvalue weighted by Gasteiger charge is 2.32. The second-order valence-corrected chi connectivity index (χ2v) is 7.96. The van der Waals surface area contributed by atoms with Gasteiger partial charge in [0.1, 0.15) is 11.6 Å². The van der Waals surface area contributed by atoms with E-state index in [1.54, 1.807) is 0 Å². The van der Waals surface area contributed by atoms with Crippen molar-refractivity contribution in [3.05, 3.63) is 89.2 Å². The van der Waals surface area contributed by atoms with Crippen LogP contribution in [-0.4, -0.2) is 21.4 Å². The van der Waals surface area contributed by atoms with E-state index in [1.165, 1.54) is 73.8 Å². The number of hydrogen-bond acceptors (Lipinski definition) is 4. The maximum Gasteiger partial charge on any atom is 0.272 e. The lowest BCUT2D eigenvalue weighted by Gasteiger charge is -2.23. The average molecular weight is 420 g/mol. The Labute approximate surface area is 167 Å². The monoisotopic (exact) mass is 419 g/mol. The molecule has 0 aliphatic carbocycles. The molecule has 5 nitrogen and oxygen atoms in total. The van der Waals surface area contributed by atoms with Crippen LogP contribution in [0.2, 0.25) is 5.02 Å². The fraction of sp³-hybridized carbons (Fsp3) is 0.0500. The molecule has 8 heteroatoms. The summed E-state index contributed by atoms with van der Waals surface area (Å²) in [5, 5.41) is 0.353. The molecule has 0 saturated carbocycles. The Morgan fingerprint density at radius 2 is 1.64 bits per heavy atom. The second-order valence-electron chi connectivity index (χ2n) is 5.74. The first-order chi connectivity index (χ1) is 13.3. The van der Waals surface area contributed by atoms with Gasteiger partial charge in [-0.1, -0.05) is 17.7 Å². The minimum Gasteiger partial charge on any atom is -0.497 e. The molecule has 3 rings (SSSR count). The van der Waals surface area contributed by atoms with Crippen molar-refractivity contribution in [2.75, 3.05) is 11.4 Å². The number of carbonyl (C=O) groups excluding carboxylic acids is 1. The van der Waals surface area contributed by atoms with Gasteiger partial charge in [-0.3, -0.25) is 4.79 Å². The van der Waals surface area contributed by atoms with Gasteiger partial charge in [-0.25, -0.2) is 12.8 Å². The Morgan fingerprint density at radius 3 is 2.21 bits per heavy atom. The average Bonchev–Trinajstić information content (AvgIpc) is 2.69. The Hall–Kier alpha value is -2.90. The quantitative estimate of drug-likeness (QED) is 0.609. The minimum atomic E-state index is -4.29. The van der Waals surface area contributed by atoms with Gasteiger partial charge in [0, 0.05) is 10.6 Å². The Bertz CT molecular complexity index is 1100. The SMILES string of the molecule is COc1ccc(N(C(=O)c2cccc(F)c2)S(=O)(=O)c2ccc(Cl)cc2)cc1. The normalized spacial score (nSPS) is 11.1. The lowest BCUT2D eigenvalue weighted by Crippen LogP contribution is -2.37. The molecule has 0 aliphatic rings. The molecule has 3 aromatic rings. The van der Waals surface area contributed by atoms with Crippen molar-refractivity contribution in [3.8, 4) is 5.75 Å². The topological polar surface area (TPSA) is 63.7 Å². The van der Waals surface area contributed by atoms with Gasteiger partial charge in [-0.2, -0.15) is 4.31 Å². The molecule has 0 spiro atoms. The summed E-state index contributed by atoms with van der Waals surface area (Å²) < 4.78 is 45.8. The van der Waals surface area contributed by atoms with Crippen LogP contribution >= 0.6 is 11.6 Å². The summed E-state index contributed by atoms with van der Waals surface area (Å²) in [5.74, 6) is -1.05. The number of amides is 1. The van der Waals surface area contributed by atoms with Crippen LogP contribution in [0.4, 0.5) is 10.1 Å². The van der Waals surface area contributed by atoms with Crippen molar-refractivity contribution in [1.82, 2.24) is 0 Å². The molecule has 0 heterocycles. The van der Waals surface area contributed by atoms with E-state index in [4.69, 9.17) is 16.3 Å². The summed E-state index contributed by atoms with van der Waals surface area (Å²) in [6, 6.07) is 16.2. The van der Waals surface area contributed by atoms with Crippen LogP contribution in [0.15, 0.2) is 77.7 Å². The minimum absolute atomic E-state index is 0.0880. The van der Waals surface area contributed by atoms with Crippen LogP contribution in [0.3, 0.4) is 0 Å². The Balaban J connectivity index is 2.15. The van der Waals surface area contributed by atoms with Gasteiger partial charge in [0.05, 0.1) is 17.7 Å². The van der Waals surface area contributed by atoms with E-state index in [1.807, 2.05) is 0 Å². The number of ether oxygens (including phenoxy) is 1. The Morgan fingerprint density at radius 1 is 1.00 bits per heavy atom. The summed E-state index contributed by atoms with van der Waals surface area (Å²) in [4.78, 5) is 12.9. The third-order valence-electron chi connectivity index (χ3n) is 3.91. The zero-order valence-electron chi connectivity index (χ0n) is 14.7. The fourth-order valence-electron chi connectivity index (χ4n) is 2.53. The fourth-order valence-corrected chi connectivity index (χ4v) is 4.07. The van der Waals surface area contributed by atoms with E-state index >= 15 is 0 Å². The smallest absolute Gasteiger partial charge is 0.272 e. The molecule has 0 aromatic heterocycles. The van der Waals surface area contributed by atoms with E-state index in [0.29, 0.717) is 15.1 Å². The highest BCUT2D eigenvalue weighted by molar-refractivity contribution is 7.93. The van der Waals surface area contributed by atoms with Crippen LogP contribution in [0.1, 0.15) is 10.4 Å². The molecular formula is C20H15ClFNO4S. The summed E-state index contributed by atoms with van der Waals surface area (Å²) in [5.41, 5.74) is -0.0154. The van der Waals surface area contributed by atoms with Crippen molar-refractivity contribution >= 4 is 33.2 Å². The van der Waals surface area contributed by atoms with Crippen LogP contribution in [-0.2, 0) is 10.0 Å². The zero-order chi connectivity index (χ0) is 20.3. The molecular weight excluding hydrogens is 405 g/mol. The first-order valence-electron chi connectivity index (χ1n) is 8.08. The zero-order valence-corrected chi connectivity index (χ0v) is 16.2. The number of rotatable bonds is 5. The number of anilines is 1. The molecule has 0 N–H and O–H groups in total. The highest BCUT2D eigenvalue weighted by atomic mass is 35.5. The van der Waals surface area contributed by atoms with E-state index in [0.717, 1.165) is 6.07 Å². The standard InChI is InChI=1S/C20H15ClFNO4S/c1-27-18-9-7-17(8-10-18)23(20(24)14-3-2-4-16(22)13-14)28(25,26)19-11-5-15(21)6-12-19/h2-13H,1H3. The molecule has 0 fully saturated rings. The molecule has 0 radical (unpaired) electrons. The van der Waals surface area contributed by atoms with Crippen LogP contribution in [0.25, 0.3) is 0 Å². The van der Waals surface area contributed by atoms with Gasteiger partial charge in [-0.05, 0) is 66.7 Å². The lowest BCUT2D eigenvalue weighted by atomic mass is 10.2. The van der Waals surface area contributed by atoms with E-state index < -0.39 is 21.7 Å². The number of nitrogens with zero attached hydrogens (tertiary/aromatic N) is 1. The number of halogens is 2. The van der Waals surface area contributed by atoms with Gasteiger partial charge in [0.25, 0.3) is 15.9 Å². The molecule has 0 bridgehead atoms. The number of hydrogen-bond donors (Lipinski definition) is 0. The molecule has 1 amide bonds. The predicted molar refractivity (Wildman–Crippen MR) is 105 cm³/mol. The van der Waals surface area contributed by atoms with Gasteiger partial charge < -0.3 is 4.74 Å². The van der Waals surface area contributed by atoms with Crippen LogP contribution in [0, 0.1) is 5.82 Å². The summed E-state index contributed by atoms with van der Waals surface area (Å²) in [6.45, 7) is 0. The van der Waals surface area contributed by atoms with E-state index in [9.17, 15) is 17.6 Å². The molecule has 28 heavy (non-hydrogen) atoms. The van der Waals surface area contributed by atoms with E-state index in [-0.39, 0.29) is 16.1 Å². The van der Waals surface area contributed by atoms with Gasteiger partial charge in [0.15, 0.2) is 0 Å². The summed E-state index contributed by atoms with van der Waals surface area (Å²) >= 11 is 5.84. The maximum absolute atomic E-state index is 13.6. The van der Waals surface area contributed by atoms with E-state index in [2.05, 4.69) is 0 Å². The molecule has 0 atom stereocenters. The second kappa shape index (κ2) is 8.00. The van der Waals surface area contributed by atoms with Crippen molar-refractivity contribution in [2.45, 2.75) is 4.90 Å². The third kappa shape index (κ3) is 4.00. The maximum atomic E-state index is 13.6.